The van der Waals surface area contributed by atoms with E-state index in [-0.39, 0.29) is 18.8 Å². The maximum absolute atomic E-state index is 13.4. The molecule has 2 rings (SSSR count). The van der Waals surface area contributed by atoms with E-state index in [9.17, 15) is 18.4 Å². The summed E-state index contributed by atoms with van der Waals surface area (Å²) >= 11 is 0. The zero-order chi connectivity index (χ0) is 17.5. The first-order valence-electron chi connectivity index (χ1n) is 7.25. The Balaban J connectivity index is 1.89. The standard InChI is InChI=1S/C17H16F2N2O3/c1-2-24-17(23)11-3-6-13(7-4-11)21-16(22)10-20-15-8-5-12(18)9-14(15)19/h3-9,20H,2,10H2,1H3,(H,21,22). The molecule has 0 saturated heterocycles. The van der Waals surface area contributed by atoms with E-state index in [0.29, 0.717) is 11.3 Å². The summed E-state index contributed by atoms with van der Waals surface area (Å²) in [6.45, 7) is 1.80. The number of hydrogen-bond donors (Lipinski definition) is 2. The average Bonchev–Trinajstić information content (AvgIpc) is 2.55. The van der Waals surface area contributed by atoms with Gasteiger partial charge in [0.2, 0.25) is 5.91 Å². The number of carbonyl (C=O) groups excluding carboxylic acids is 2. The number of nitrogens with one attached hydrogen (secondary N) is 2. The van der Waals surface area contributed by atoms with E-state index in [4.69, 9.17) is 4.74 Å². The second-order valence-corrected chi connectivity index (χ2v) is 4.82. The molecule has 0 heterocycles. The van der Waals surface area contributed by atoms with Crippen molar-refractivity contribution in [1.29, 1.82) is 0 Å². The van der Waals surface area contributed by atoms with Crippen molar-refractivity contribution in [2.45, 2.75) is 6.92 Å². The molecular formula is C17H16F2N2O3. The number of carbonyl (C=O) groups is 2. The largest absolute Gasteiger partial charge is 0.462 e. The van der Waals surface area contributed by atoms with Gasteiger partial charge >= 0.3 is 5.97 Å². The summed E-state index contributed by atoms with van der Waals surface area (Å²) in [5.41, 5.74) is 0.889. The summed E-state index contributed by atoms with van der Waals surface area (Å²) in [4.78, 5) is 23.3. The molecule has 24 heavy (non-hydrogen) atoms. The lowest BCUT2D eigenvalue weighted by Gasteiger charge is -2.09. The van der Waals surface area contributed by atoms with Gasteiger partial charge in [0.1, 0.15) is 11.6 Å². The van der Waals surface area contributed by atoms with Gasteiger partial charge in [-0.1, -0.05) is 0 Å². The third-order valence-corrected chi connectivity index (χ3v) is 3.05. The van der Waals surface area contributed by atoms with Crippen LogP contribution in [0.2, 0.25) is 0 Å². The van der Waals surface area contributed by atoms with Gasteiger partial charge in [0.05, 0.1) is 24.4 Å². The number of hydrogen-bond acceptors (Lipinski definition) is 4. The van der Waals surface area contributed by atoms with Crippen molar-refractivity contribution in [2.75, 3.05) is 23.8 Å². The molecule has 1 amide bonds. The Morgan fingerprint density at radius 2 is 1.79 bits per heavy atom. The highest BCUT2D eigenvalue weighted by Crippen LogP contribution is 2.15. The maximum atomic E-state index is 13.4. The number of benzene rings is 2. The summed E-state index contributed by atoms with van der Waals surface area (Å²) in [7, 11) is 0. The molecule has 2 aromatic rings. The van der Waals surface area contributed by atoms with Gasteiger partial charge in [-0.05, 0) is 43.3 Å². The Morgan fingerprint density at radius 3 is 2.42 bits per heavy atom. The van der Waals surface area contributed by atoms with Gasteiger partial charge in [-0.3, -0.25) is 4.79 Å². The zero-order valence-electron chi connectivity index (χ0n) is 12.9. The Kier molecular flexibility index (Phi) is 5.83. The van der Waals surface area contributed by atoms with Crippen LogP contribution in [0.3, 0.4) is 0 Å². The van der Waals surface area contributed by atoms with E-state index in [1.54, 1.807) is 19.1 Å². The quantitative estimate of drug-likeness (QED) is 0.796. The predicted molar refractivity (Wildman–Crippen MR) is 85.9 cm³/mol. The topological polar surface area (TPSA) is 67.4 Å². The molecule has 0 aliphatic carbocycles. The molecule has 2 aromatic carbocycles. The second kappa shape index (κ2) is 8.05. The molecule has 0 aliphatic rings. The number of ether oxygens (including phenoxy) is 1. The monoisotopic (exact) mass is 334 g/mol. The lowest BCUT2D eigenvalue weighted by atomic mass is 10.2. The van der Waals surface area contributed by atoms with Gasteiger partial charge in [0, 0.05) is 11.8 Å². The number of amides is 1. The van der Waals surface area contributed by atoms with Crippen LogP contribution in [-0.4, -0.2) is 25.0 Å². The molecule has 0 atom stereocenters. The number of halogens is 2. The van der Waals surface area contributed by atoms with Crippen LogP contribution in [0.1, 0.15) is 17.3 Å². The van der Waals surface area contributed by atoms with Crippen LogP contribution in [0, 0.1) is 11.6 Å². The van der Waals surface area contributed by atoms with Gasteiger partial charge < -0.3 is 15.4 Å². The molecule has 2 N–H and O–H groups in total. The van der Waals surface area contributed by atoms with Crippen LogP contribution in [-0.2, 0) is 9.53 Å². The van der Waals surface area contributed by atoms with E-state index in [0.717, 1.165) is 12.1 Å². The fourth-order valence-electron chi connectivity index (χ4n) is 1.92. The van der Waals surface area contributed by atoms with Gasteiger partial charge in [0.25, 0.3) is 0 Å². The first kappa shape index (κ1) is 17.4. The van der Waals surface area contributed by atoms with Gasteiger partial charge in [-0.25, -0.2) is 13.6 Å². The fourth-order valence-corrected chi connectivity index (χ4v) is 1.92. The first-order chi connectivity index (χ1) is 11.5. The van der Waals surface area contributed by atoms with E-state index in [2.05, 4.69) is 10.6 Å². The Morgan fingerprint density at radius 1 is 1.08 bits per heavy atom. The molecule has 0 aliphatic heterocycles. The lowest BCUT2D eigenvalue weighted by molar-refractivity contribution is -0.114. The van der Waals surface area contributed by atoms with E-state index in [1.165, 1.54) is 18.2 Å². The highest BCUT2D eigenvalue weighted by atomic mass is 19.1. The highest BCUT2D eigenvalue weighted by Gasteiger charge is 2.08. The van der Waals surface area contributed by atoms with Crippen LogP contribution in [0.25, 0.3) is 0 Å². The molecule has 7 heteroatoms. The summed E-state index contributed by atoms with van der Waals surface area (Å²) < 4.78 is 31.1. The Hall–Kier alpha value is -2.96. The van der Waals surface area contributed by atoms with Crippen molar-refractivity contribution in [1.82, 2.24) is 0 Å². The van der Waals surface area contributed by atoms with Crippen molar-refractivity contribution < 1.29 is 23.1 Å². The summed E-state index contributed by atoms with van der Waals surface area (Å²) in [5, 5.41) is 5.17. The van der Waals surface area contributed by atoms with E-state index >= 15 is 0 Å². The third kappa shape index (κ3) is 4.77. The molecule has 0 bridgehead atoms. The zero-order valence-corrected chi connectivity index (χ0v) is 12.9. The molecule has 0 unspecified atom stereocenters. The van der Waals surface area contributed by atoms with Crippen molar-refractivity contribution in [3.8, 4) is 0 Å². The van der Waals surface area contributed by atoms with Crippen molar-refractivity contribution >= 4 is 23.3 Å². The minimum Gasteiger partial charge on any atom is -0.462 e. The first-order valence-corrected chi connectivity index (χ1v) is 7.25. The second-order valence-electron chi connectivity index (χ2n) is 4.82. The average molecular weight is 334 g/mol. The van der Waals surface area contributed by atoms with E-state index < -0.39 is 23.5 Å². The molecule has 0 radical (unpaired) electrons. The van der Waals surface area contributed by atoms with Gasteiger partial charge in [-0.15, -0.1) is 0 Å². The van der Waals surface area contributed by atoms with Gasteiger partial charge in [0.15, 0.2) is 0 Å². The number of esters is 1. The molecule has 0 aromatic heterocycles. The minimum atomic E-state index is -0.776. The Bertz CT molecular complexity index is 733. The maximum Gasteiger partial charge on any atom is 0.338 e. The SMILES string of the molecule is CCOC(=O)c1ccc(NC(=O)CNc2ccc(F)cc2F)cc1. The normalized spacial score (nSPS) is 10.1. The number of rotatable bonds is 6. The Labute approximate surface area is 137 Å². The van der Waals surface area contributed by atoms with Crippen molar-refractivity contribution in [2.24, 2.45) is 0 Å². The summed E-state index contributed by atoms with van der Waals surface area (Å²) in [6.07, 6.45) is 0. The van der Waals surface area contributed by atoms with Crippen molar-refractivity contribution in [3.05, 3.63) is 59.7 Å². The predicted octanol–water partition coefficient (Wildman–Crippen LogP) is 3.19. The smallest absolute Gasteiger partial charge is 0.338 e. The molecule has 0 spiro atoms. The lowest BCUT2D eigenvalue weighted by Crippen LogP contribution is -2.22. The minimum absolute atomic E-state index is 0.0317. The third-order valence-electron chi connectivity index (χ3n) is 3.05. The van der Waals surface area contributed by atoms with Crippen LogP contribution < -0.4 is 10.6 Å². The van der Waals surface area contributed by atoms with Crippen LogP contribution >= 0.6 is 0 Å². The molecule has 0 fully saturated rings. The van der Waals surface area contributed by atoms with E-state index in [1.807, 2.05) is 0 Å². The number of anilines is 2. The molecule has 5 nitrogen and oxygen atoms in total. The van der Waals surface area contributed by atoms with Crippen LogP contribution in [0.4, 0.5) is 20.2 Å². The molecule has 0 saturated carbocycles. The molecule has 126 valence electrons. The molecular weight excluding hydrogens is 318 g/mol. The highest BCUT2D eigenvalue weighted by molar-refractivity contribution is 5.95. The van der Waals surface area contributed by atoms with Crippen LogP contribution in [0.5, 0.6) is 0 Å². The van der Waals surface area contributed by atoms with Crippen LogP contribution in [0.15, 0.2) is 42.5 Å². The van der Waals surface area contributed by atoms with Gasteiger partial charge in [-0.2, -0.15) is 0 Å². The summed E-state index contributed by atoms with van der Waals surface area (Å²) in [5.74, 6) is -2.32. The summed E-state index contributed by atoms with van der Waals surface area (Å²) in [6, 6.07) is 9.21. The van der Waals surface area contributed by atoms with Crippen molar-refractivity contribution in [3.63, 3.8) is 0 Å². The fraction of sp³-hybridized carbons (Fsp3) is 0.176.